The van der Waals surface area contributed by atoms with Crippen LogP contribution in [-0.2, 0) is 21.4 Å². The SMILES string of the molecule is Cn1nc(-c2ccc(C3=CCN(C(=O)CN4CC[C@]5(CCN(c6ccc7[nH]nc(C8CCOCC8)c7c6)C5=O)C4)CC3)cc2)oc1=O. The molecule has 12 nitrogen and oxygen atoms in total. The van der Waals surface area contributed by atoms with E-state index in [1.165, 1.54) is 10.3 Å². The maximum absolute atomic E-state index is 13.9. The summed E-state index contributed by atoms with van der Waals surface area (Å²) in [4.78, 5) is 44.9. The predicted octanol–water partition coefficient (Wildman–Crippen LogP) is 3.56. The molecule has 1 atom stereocenters. The average Bonchev–Trinajstić information content (AvgIpc) is 3.88. The quantitative estimate of drug-likeness (QED) is 0.340. The van der Waals surface area contributed by atoms with Gasteiger partial charge >= 0.3 is 5.76 Å². The van der Waals surface area contributed by atoms with Gasteiger partial charge in [0, 0.05) is 69.0 Å². The second kappa shape index (κ2) is 11.9. The number of carbonyl (C=O) groups excluding carboxylic acids is 2. The first-order valence-electron chi connectivity index (χ1n) is 16.6. The van der Waals surface area contributed by atoms with E-state index in [0.29, 0.717) is 44.5 Å². The number of amides is 2. The lowest BCUT2D eigenvalue weighted by Crippen LogP contribution is -2.43. The zero-order chi connectivity index (χ0) is 32.1. The van der Waals surface area contributed by atoms with Crippen molar-refractivity contribution in [3.05, 3.63) is 70.3 Å². The summed E-state index contributed by atoms with van der Waals surface area (Å²) in [7, 11) is 1.56. The Morgan fingerprint density at radius 3 is 2.55 bits per heavy atom. The number of aryl methyl sites for hydroxylation is 1. The van der Waals surface area contributed by atoms with Gasteiger partial charge in [0.25, 0.3) is 0 Å². The van der Waals surface area contributed by atoms with Crippen LogP contribution in [0.3, 0.4) is 0 Å². The van der Waals surface area contributed by atoms with E-state index < -0.39 is 11.2 Å². The van der Waals surface area contributed by atoms with Gasteiger partial charge < -0.3 is 19.0 Å². The summed E-state index contributed by atoms with van der Waals surface area (Å²) < 4.78 is 11.9. The van der Waals surface area contributed by atoms with E-state index in [9.17, 15) is 14.4 Å². The number of likely N-dealkylation sites (tertiary alicyclic amines) is 1. The summed E-state index contributed by atoms with van der Waals surface area (Å²) in [6.07, 6.45) is 6.38. The van der Waals surface area contributed by atoms with Gasteiger partial charge in [-0.25, -0.2) is 4.79 Å². The number of ether oxygens (including phenoxy) is 1. The molecular weight excluding hydrogens is 598 g/mol. The number of hydrogen-bond acceptors (Lipinski definition) is 8. The van der Waals surface area contributed by atoms with Crippen LogP contribution >= 0.6 is 0 Å². The molecule has 4 aliphatic heterocycles. The van der Waals surface area contributed by atoms with Crippen molar-refractivity contribution in [3.63, 3.8) is 0 Å². The Bertz CT molecular complexity index is 1920. The van der Waals surface area contributed by atoms with Crippen molar-refractivity contribution < 1.29 is 18.7 Å². The van der Waals surface area contributed by atoms with E-state index in [0.717, 1.165) is 85.3 Å². The highest BCUT2D eigenvalue weighted by atomic mass is 16.5. The number of hydrogen-bond donors (Lipinski definition) is 1. The Hall–Kier alpha value is -4.55. The molecule has 1 N–H and O–H groups in total. The maximum atomic E-state index is 13.9. The molecule has 0 bridgehead atoms. The molecule has 0 aliphatic carbocycles. The number of benzene rings is 2. The molecule has 47 heavy (non-hydrogen) atoms. The predicted molar refractivity (Wildman–Crippen MR) is 176 cm³/mol. The van der Waals surface area contributed by atoms with E-state index >= 15 is 0 Å². The number of fused-ring (bicyclic) bond motifs is 1. The van der Waals surface area contributed by atoms with E-state index in [1.807, 2.05) is 46.2 Å². The molecule has 2 amide bonds. The largest absolute Gasteiger partial charge is 0.437 e. The van der Waals surface area contributed by atoms with Gasteiger partial charge in [-0.05, 0) is 80.1 Å². The number of nitrogens with zero attached hydrogens (tertiary/aromatic N) is 6. The molecule has 12 heteroatoms. The van der Waals surface area contributed by atoms with Gasteiger partial charge in [0.1, 0.15) is 0 Å². The minimum Gasteiger partial charge on any atom is -0.388 e. The number of aromatic amines is 1. The van der Waals surface area contributed by atoms with E-state index in [1.54, 1.807) is 7.05 Å². The first kappa shape index (κ1) is 29.8. The molecule has 244 valence electrons. The van der Waals surface area contributed by atoms with Crippen molar-refractivity contribution in [3.8, 4) is 11.5 Å². The van der Waals surface area contributed by atoms with Gasteiger partial charge in [-0.15, -0.1) is 5.10 Å². The van der Waals surface area contributed by atoms with Crippen molar-refractivity contribution in [2.75, 3.05) is 57.4 Å². The Balaban J connectivity index is 0.881. The third kappa shape index (κ3) is 5.48. The molecule has 3 saturated heterocycles. The fourth-order valence-corrected chi connectivity index (χ4v) is 7.75. The Morgan fingerprint density at radius 2 is 1.81 bits per heavy atom. The third-order valence-corrected chi connectivity index (χ3v) is 10.6. The molecule has 0 saturated carbocycles. The van der Waals surface area contributed by atoms with Crippen LogP contribution in [0, 0.1) is 5.41 Å². The molecule has 8 rings (SSSR count). The Morgan fingerprint density at radius 1 is 1.02 bits per heavy atom. The second-order valence-corrected chi connectivity index (χ2v) is 13.4. The van der Waals surface area contributed by atoms with E-state index in [-0.39, 0.29) is 11.8 Å². The molecule has 2 aromatic heterocycles. The molecule has 1 spiro atoms. The minimum atomic E-state index is -0.493. The van der Waals surface area contributed by atoms with Crippen molar-refractivity contribution in [2.45, 2.75) is 38.0 Å². The number of aromatic nitrogens is 4. The summed E-state index contributed by atoms with van der Waals surface area (Å²) in [6, 6.07) is 14.0. The van der Waals surface area contributed by atoms with Crippen molar-refractivity contribution in [2.24, 2.45) is 12.5 Å². The fourth-order valence-electron chi connectivity index (χ4n) is 7.75. The summed E-state index contributed by atoms with van der Waals surface area (Å²) in [5.41, 5.74) is 5.57. The zero-order valence-corrected chi connectivity index (χ0v) is 26.6. The summed E-state index contributed by atoms with van der Waals surface area (Å²) in [5.74, 6) is 0.445. The van der Waals surface area contributed by atoms with Crippen LogP contribution in [0.4, 0.5) is 5.69 Å². The molecule has 0 radical (unpaired) electrons. The first-order chi connectivity index (χ1) is 22.9. The lowest BCUT2D eigenvalue weighted by atomic mass is 9.85. The van der Waals surface area contributed by atoms with Gasteiger partial charge in [0.2, 0.25) is 17.7 Å². The topological polar surface area (TPSA) is 130 Å². The van der Waals surface area contributed by atoms with Crippen LogP contribution in [0.1, 0.15) is 49.3 Å². The number of H-pyrrole nitrogens is 1. The fraction of sp³-hybridized carbons (Fsp3) is 0.457. The van der Waals surface area contributed by atoms with Gasteiger partial charge in [0.05, 0.1) is 23.2 Å². The van der Waals surface area contributed by atoms with Crippen molar-refractivity contribution >= 4 is 34.0 Å². The minimum absolute atomic E-state index is 0.103. The number of nitrogens with one attached hydrogen (secondary N) is 1. The molecule has 0 unspecified atom stereocenters. The molecule has 4 aromatic rings. The lowest BCUT2D eigenvalue weighted by Gasteiger charge is -2.29. The van der Waals surface area contributed by atoms with Gasteiger partial charge in [0.15, 0.2) is 0 Å². The first-order valence-corrected chi connectivity index (χ1v) is 16.6. The number of rotatable bonds is 6. The van der Waals surface area contributed by atoms with E-state index in [2.05, 4.69) is 32.3 Å². The van der Waals surface area contributed by atoms with Crippen LogP contribution in [-0.4, -0.2) is 94.1 Å². The highest BCUT2D eigenvalue weighted by Crippen LogP contribution is 2.43. The molecule has 4 aliphatic rings. The highest BCUT2D eigenvalue weighted by Gasteiger charge is 2.51. The van der Waals surface area contributed by atoms with Crippen LogP contribution < -0.4 is 10.7 Å². The molecule has 3 fully saturated rings. The Kier molecular flexibility index (Phi) is 7.56. The monoisotopic (exact) mass is 637 g/mol. The maximum Gasteiger partial charge on any atom is 0.437 e. The second-order valence-electron chi connectivity index (χ2n) is 13.4. The summed E-state index contributed by atoms with van der Waals surface area (Å²) >= 11 is 0. The zero-order valence-electron chi connectivity index (χ0n) is 26.6. The average molecular weight is 638 g/mol. The normalized spacial score (nSPS) is 22.6. The van der Waals surface area contributed by atoms with Crippen LogP contribution in [0.2, 0.25) is 0 Å². The molecule has 2 aromatic carbocycles. The Labute approximate surface area is 272 Å². The highest BCUT2D eigenvalue weighted by molar-refractivity contribution is 6.02. The number of carbonyl (C=O) groups is 2. The van der Waals surface area contributed by atoms with Crippen LogP contribution in [0.5, 0.6) is 0 Å². The van der Waals surface area contributed by atoms with Crippen LogP contribution in [0.25, 0.3) is 27.9 Å². The van der Waals surface area contributed by atoms with Crippen LogP contribution in [0.15, 0.2) is 57.8 Å². The van der Waals surface area contributed by atoms with Crippen molar-refractivity contribution in [1.82, 2.24) is 29.8 Å². The third-order valence-electron chi connectivity index (χ3n) is 10.6. The van der Waals surface area contributed by atoms with Gasteiger partial charge in [-0.2, -0.15) is 9.78 Å². The summed E-state index contributed by atoms with van der Waals surface area (Å²) in [5, 5.41) is 13.0. The lowest BCUT2D eigenvalue weighted by molar-refractivity contribution is -0.132. The molecule has 6 heterocycles. The standard InChI is InChI=1S/C35H39N7O5/c1-39-34(45)47-32(38-39)26-4-2-23(3-5-26)24-8-14-41(15-9-24)30(43)21-40-16-12-35(22-40)13-17-42(33(35)44)27-6-7-29-28(20-27)31(37-36-29)25-10-18-46-19-11-25/h2-8,20,25H,9-19,21-22H2,1H3,(H,36,37)/t35-/m0/s1. The van der Waals surface area contributed by atoms with E-state index in [4.69, 9.17) is 9.15 Å². The molecular formula is C35H39N7O5. The van der Waals surface area contributed by atoms with Gasteiger partial charge in [-0.3, -0.25) is 19.6 Å². The van der Waals surface area contributed by atoms with Crippen molar-refractivity contribution in [1.29, 1.82) is 0 Å². The number of anilines is 1. The van der Waals surface area contributed by atoms with Gasteiger partial charge in [-0.1, -0.05) is 18.2 Å². The summed E-state index contributed by atoms with van der Waals surface area (Å²) in [6.45, 7) is 5.11. The smallest absolute Gasteiger partial charge is 0.388 e.